The molecule has 1 aliphatic rings. The fraction of sp³-hybridized carbons (Fsp3) is 0.143. The highest BCUT2D eigenvalue weighted by Gasteiger charge is 2.32. The highest BCUT2D eigenvalue weighted by Crippen LogP contribution is 2.28. The number of guanidine groups is 2. The first kappa shape index (κ1) is 22.6. The van der Waals surface area contributed by atoms with E-state index < -0.39 is 10.6 Å². The van der Waals surface area contributed by atoms with Crippen LogP contribution in [-0.4, -0.2) is 22.5 Å². The maximum absolute atomic E-state index is 10.8. The number of nitrogens with two attached hydrogens (primary N) is 2. The summed E-state index contributed by atoms with van der Waals surface area (Å²) in [7, 11) is 0. The lowest BCUT2D eigenvalue weighted by atomic mass is 10.1. The van der Waals surface area contributed by atoms with E-state index >= 15 is 0 Å². The molecule has 0 unspecified atom stereocenters. The van der Waals surface area contributed by atoms with Gasteiger partial charge in [0.2, 0.25) is 11.9 Å². The highest BCUT2D eigenvalue weighted by atomic mass is 35.5. The number of hydrogen-bond acceptors (Lipinski definition) is 7. The van der Waals surface area contributed by atoms with E-state index in [0.717, 1.165) is 16.8 Å². The molecule has 0 bridgehead atoms. The topological polar surface area (TPSA) is 123 Å². The molecular weight excluding hydrogens is 404 g/mol. The van der Waals surface area contributed by atoms with Crippen molar-refractivity contribution in [2.45, 2.75) is 19.5 Å². The van der Waals surface area contributed by atoms with E-state index in [4.69, 9.17) is 11.5 Å². The van der Waals surface area contributed by atoms with Crippen LogP contribution in [0.4, 0.5) is 11.4 Å². The van der Waals surface area contributed by atoms with Gasteiger partial charge < -0.3 is 23.9 Å². The molecule has 0 saturated carbocycles. The zero-order chi connectivity index (χ0) is 21.0. The third-order valence-corrected chi connectivity index (χ3v) is 4.29. The molecule has 3 rings (SSSR count). The van der Waals surface area contributed by atoms with Crippen molar-refractivity contribution in [3.8, 4) is 0 Å². The zero-order valence-electron chi connectivity index (χ0n) is 16.6. The summed E-state index contributed by atoms with van der Waals surface area (Å²) in [6.45, 7) is 3.82. The fourth-order valence-corrected chi connectivity index (χ4v) is 3.09. The van der Waals surface area contributed by atoms with Crippen molar-refractivity contribution in [3.05, 3.63) is 81.9 Å². The fourth-order valence-electron chi connectivity index (χ4n) is 3.09. The zero-order valence-corrected chi connectivity index (χ0v) is 17.3. The average molecular weight is 426 g/mol. The SMILES string of the molecule is CC1(C)N=C(N)N=C(N)N1c1cccc(C=CC=Cc2cccc([N+](=O)[O-])c2)c1.[Cl-]. The molecular formula is C21H22ClN6O2-. The summed E-state index contributed by atoms with van der Waals surface area (Å²) in [6, 6.07) is 14.2. The standard InChI is InChI=1S/C21H22N6O2.ClH/c1-21(2)25-19(22)24-20(23)26(21)17-11-5-9-15(13-17)7-3-4-8-16-10-6-12-18(14-16)27(28)29;/h3-14H,1-2H3,(H4,22,23,24,25);1H/p-1. The van der Waals surface area contributed by atoms with Crippen molar-refractivity contribution in [1.29, 1.82) is 0 Å². The predicted octanol–water partition coefficient (Wildman–Crippen LogP) is 0.511. The minimum Gasteiger partial charge on any atom is -1.00 e. The van der Waals surface area contributed by atoms with Crippen LogP contribution in [0.5, 0.6) is 0 Å². The van der Waals surface area contributed by atoms with Crippen LogP contribution in [0.15, 0.2) is 70.7 Å². The van der Waals surface area contributed by atoms with Crippen molar-refractivity contribution >= 4 is 35.4 Å². The summed E-state index contributed by atoms with van der Waals surface area (Å²) < 4.78 is 0. The van der Waals surface area contributed by atoms with Crippen LogP contribution in [0.1, 0.15) is 25.0 Å². The Bertz CT molecular complexity index is 1060. The molecule has 30 heavy (non-hydrogen) atoms. The van der Waals surface area contributed by atoms with Gasteiger partial charge in [-0.1, -0.05) is 48.6 Å². The van der Waals surface area contributed by atoms with Crippen molar-refractivity contribution in [3.63, 3.8) is 0 Å². The van der Waals surface area contributed by atoms with E-state index in [0.29, 0.717) is 0 Å². The number of halogens is 1. The van der Waals surface area contributed by atoms with Crippen LogP contribution >= 0.6 is 0 Å². The third-order valence-electron chi connectivity index (χ3n) is 4.29. The number of anilines is 1. The maximum atomic E-state index is 10.8. The van der Waals surface area contributed by atoms with Crippen molar-refractivity contribution in [1.82, 2.24) is 0 Å². The van der Waals surface area contributed by atoms with Crippen molar-refractivity contribution < 1.29 is 17.3 Å². The van der Waals surface area contributed by atoms with Gasteiger partial charge in [0.05, 0.1) is 4.92 Å². The Kier molecular flexibility index (Phi) is 6.97. The lowest BCUT2D eigenvalue weighted by Crippen LogP contribution is -3.00. The largest absolute Gasteiger partial charge is 1.00 e. The van der Waals surface area contributed by atoms with Crippen LogP contribution < -0.4 is 28.8 Å². The summed E-state index contributed by atoms with van der Waals surface area (Å²) >= 11 is 0. The second-order valence-electron chi connectivity index (χ2n) is 6.94. The predicted molar refractivity (Wildman–Crippen MR) is 117 cm³/mol. The first-order valence-electron chi connectivity index (χ1n) is 8.95. The maximum Gasteiger partial charge on any atom is 0.270 e. The summed E-state index contributed by atoms with van der Waals surface area (Å²) in [5, 5.41) is 10.8. The first-order valence-corrected chi connectivity index (χ1v) is 8.95. The van der Waals surface area contributed by atoms with Gasteiger partial charge in [0.25, 0.3) is 5.69 Å². The van der Waals surface area contributed by atoms with Crippen LogP contribution in [0.3, 0.4) is 0 Å². The molecule has 0 aromatic heterocycles. The van der Waals surface area contributed by atoms with Crippen molar-refractivity contribution in [2.75, 3.05) is 4.90 Å². The van der Waals surface area contributed by atoms with Gasteiger partial charge in [0, 0.05) is 17.8 Å². The Hall–Kier alpha value is -3.65. The van der Waals surface area contributed by atoms with Crippen LogP contribution in [0.2, 0.25) is 0 Å². The van der Waals surface area contributed by atoms with Crippen LogP contribution in [-0.2, 0) is 0 Å². The molecule has 0 spiro atoms. The van der Waals surface area contributed by atoms with Gasteiger partial charge >= 0.3 is 0 Å². The molecule has 1 heterocycles. The smallest absolute Gasteiger partial charge is 0.270 e. The molecule has 8 nitrogen and oxygen atoms in total. The number of hydrogen-bond donors (Lipinski definition) is 2. The van der Waals surface area contributed by atoms with Gasteiger partial charge in [-0.05, 0) is 37.1 Å². The normalized spacial score (nSPS) is 15.6. The monoisotopic (exact) mass is 425 g/mol. The summed E-state index contributed by atoms with van der Waals surface area (Å²) in [4.78, 5) is 20.7. The molecule has 1 aliphatic heterocycles. The van der Waals surface area contributed by atoms with E-state index in [1.165, 1.54) is 12.1 Å². The van der Waals surface area contributed by atoms with E-state index in [1.54, 1.807) is 6.07 Å². The molecule has 0 atom stereocenters. The van der Waals surface area contributed by atoms with Gasteiger partial charge in [-0.25, -0.2) is 4.99 Å². The van der Waals surface area contributed by atoms with Crippen LogP contribution in [0.25, 0.3) is 12.2 Å². The second-order valence-corrected chi connectivity index (χ2v) is 6.94. The molecule has 0 radical (unpaired) electrons. The number of nitro benzene ring substituents is 1. The number of aliphatic imine (C=N–C) groups is 2. The lowest BCUT2D eigenvalue weighted by Gasteiger charge is -2.38. The minimum absolute atomic E-state index is 0. The highest BCUT2D eigenvalue weighted by molar-refractivity contribution is 6.05. The number of rotatable bonds is 5. The first-order chi connectivity index (χ1) is 13.8. The van der Waals surface area contributed by atoms with E-state index in [1.807, 2.05) is 73.4 Å². The number of nitrogens with zero attached hydrogens (tertiary/aromatic N) is 4. The van der Waals surface area contributed by atoms with Gasteiger partial charge in [-0.15, -0.1) is 0 Å². The second kappa shape index (κ2) is 9.23. The van der Waals surface area contributed by atoms with Crippen LogP contribution in [0, 0.1) is 10.1 Å². The molecule has 9 heteroatoms. The average Bonchev–Trinajstić information content (AvgIpc) is 2.64. The number of allylic oxidation sites excluding steroid dienone is 2. The van der Waals surface area contributed by atoms with E-state index in [2.05, 4.69) is 9.98 Å². The number of nitro groups is 1. The molecule has 4 N–H and O–H groups in total. The van der Waals surface area contributed by atoms with Crippen molar-refractivity contribution in [2.24, 2.45) is 21.5 Å². The Labute approximate surface area is 180 Å². The van der Waals surface area contributed by atoms with Gasteiger partial charge in [0.1, 0.15) is 5.66 Å². The van der Waals surface area contributed by atoms with Gasteiger partial charge in [0.15, 0.2) is 0 Å². The Morgan fingerprint density at radius 2 is 1.63 bits per heavy atom. The van der Waals surface area contributed by atoms with Gasteiger partial charge in [-0.2, -0.15) is 4.99 Å². The van der Waals surface area contributed by atoms with E-state index in [9.17, 15) is 10.1 Å². The molecule has 0 amide bonds. The Morgan fingerprint density at radius 3 is 2.23 bits per heavy atom. The third kappa shape index (κ3) is 5.24. The lowest BCUT2D eigenvalue weighted by molar-refractivity contribution is -0.384. The molecule has 2 aromatic carbocycles. The summed E-state index contributed by atoms with van der Waals surface area (Å²) in [5.41, 5.74) is 13.8. The van der Waals surface area contributed by atoms with E-state index in [-0.39, 0.29) is 30.0 Å². The van der Waals surface area contributed by atoms with Gasteiger partial charge in [-0.3, -0.25) is 15.0 Å². The minimum atomic E-state index is -0.653. The summed E-state index contributed by atoms with van der Waals surface area (Å²) in [6.07, 6.45) is 7.44. The molecule has 2 aromatic rings. The molecule has 0 aliphatic carbocycles. The Balaban J connectivity index is 0.00000320. The Morgan fingerprint density at radius 1 is 1.03 bits per heavy atom. The molecule has 0 saturated heterocycles. The molecule has 156 valence electrons. The number of non-ortho nitro benzene ring substituents is 1. The number of benzene rings is 2. The summed E-state index contributed by atoms with van der Waals surface area (Å²) in [5.74, 6) is 0.445. The quantitative estimate of drug-likeness (QED) is 0.410. The molecule has 0 fully saturated rings.